The Morgan fingerprint density at radius 1 is 1.58 bits per heavy atom. The largest absolute Gasteiger partial charge is 0.367 e. The molecule has 0 aromatic carbocycles. The van der Waals surface area contributed by atoms with E-state index in [9.17, 15) is 4.79 Å². The molecule has 7 heteroatoms. The van der Waals surface area contributed by atoms with Gasteiger partial charge in [-0.2, -0.15) is 5.10 Å². The van der Waals surface area contributed by atoms with Gasteiger partial charge in [0.25, 0.3) is 0 Å². The van der Waals surface area contributed by atoms with Crippen LogP contribution < -0.4 is 5.32 Å². The molecule has 0 spiro atoms. The SMILES string of the molecule is C[C@@H](CNC(=O)N1CCO[C@@](C)(c2cnn(C)c2)C1)c1cccs1. The van der Waals surface area contributed by atoms with Crippen molar-refractivity contribution in [3.8, 4) is 0 Å². The van der Waals surface area contributed by atoms with Crippen LogP contribution in [0.5, 0.6) is 0 Å². The number of amides is 2. The maximum Gasteiger partial charge on any atom is 0.317 e. The number of morpholine rings is 1. The predicted octanol–water partition coefficient (Wildman–Crippen LogP) is 2.54. The van der Waals surface area contributed by atoms with Crippen LogP contribution >= 0.6 is 11.3 Å². The minimum atomic E-state index is -0.511. The van der Waals surface area contributed by atoms with E-state index in [2.05, 4.69) is 28.8 Å². The van der Waals surface area contributed by atoms with Gasteiger partial charge >= 0.3 is 6.03 Å². The Morgan fingerprint density at radius 2 is 2.42 bits per heavy atom. The van der Waals surface area contributed by atoms with Gasteiger partial charge in [-0.1, -0.05) is 13.0 Å². The summed E-state index contributed by atoms with van der Waals surface area (Å²) < 4.78 is 7.71. The summed E-state index contributed by atoms with van der Waals surface area (Å²) in [5.41, 5.74) is 0.484. The highest BCUT2D eigenvalue weighted by atomic mass is 32.1. The fraction of sp³-hybridized carbons (Fsp3) is 0.529. The lowest BCUT2D eigenvalue weighted by Gasteiger charge is -2.40. The molecule has 0 bridgehead atoms. The number of hydrogen-bond donors (Lipinski definition) is 1. The Balaban J connectivity index is 1.59. The van der Waals surface area contributed by atoms with Crippen molar-refractivity contribution in [1.82, 2.24) is 20.0 Å². The molecule has 2 amide bonds. The van der Waals surface area contributed by atoms with E-state index in [1.165, 1.54) is 4.88 Å². The van der Waals surface area contributed by atoms with E-state index in [4.69, 9.17) is 4.74 Å². The number of rotatable bonds is 4. The maximum atomic E-state index is 12.5. The van der Waals surface area contributed by atoms with Crippen molar-refractivity contribution in [3.63, 3.8) is 0 Å². The van der Waals surface area contributed by atoms with E-state index in [0.29, 0.717) is 32.2 Å². The molecule has 0 radical (unpaired) electrons. The van der Waals surface area contributed by atoms with Crippen LogP contribution in [0.3, 0.4) is 0 Å². The van der Waals surface area contributed by atoms with Gasteiger partial charge in [-0.3, -0.25) is 4.68 Å². The van der Waals surface area contributed by atoms with Crippen molar-refractivity contribution in [1.29, 1.82) is 0 Å². The standard InChI is InChI=1S/C17H24N4O2S/c1-13(15-5-4-8-24-15)9-18-16(22)21-6-7-23-17(2,12-21)14-10-19-20(3)11-14/h4-5,8,10-11,13H,6-7,9,12H2,1-3H3,(H,18,22)/t13-,17+/m0/s1. The first-order valence-corrected chi connectivity index (χ1v) is 9.05. The van der Waals surface area contributed by atoms with Crippen molar-refractivity contribution >= 4 is 17.4 Å². The lowest BCUT2D eigenvalue weighted by molar-refractivity contribution is -0.0906. The Kier molecular flexibility index (Phi) is 4.91. The summed E-state index contributed by atoms with van der Waals surface area (Å²) >= 11 is 1.72. The molecule has 130 valence electrons. The Morgan fingerprint density at radius 3 is 3.08 bits per heavy atom. The highest BCUT2D eigenvalue weighted by Gasteiger charge is 2.36. The zero-order valence-corrected chi connectivity index (χ0v) is 15.2. The molecule has 1 N–H and O–H groups in total. The average molecular weight is 348 g/mol. The molecule has 1 aliphatic heterocycles. The van der Waals surface area contributed by atoms with E-state index < -0.39 is 5.60 Å². The number of aryl methyl sites for hydroxylation is 1. The molecule has 2 aromatic rings. The molecule has 1 fully saturated rings. The van der Waals surface area contributed by atoms with Gasteiger partial charge < -0.3 is 15.0 Å². The first-order chi connectivity index (χ1) is 11.5. The third kappa shape index (κ3) is 3.62. The molecule has 1 aliphatic rings. The van der Waals surface area contributed by atoms with Gasteiger partial charge in [0.2, 0.25) is 0 Å². The van der Waals surface area contributed by atoms with Crippen LogP contribution in [-0.4, -0.2) is 47.0 Å². The lowest BCUT2D eigenvalue weighted by atomic mass is 9.97. The minimum Gasteiger partial charge on any atom is -0.367 e. The van der Waals surface area contributed by atoms with Crippen molar-refractivity contribution < 1.29 is 9.53 Å². The number of carbonyl (C=O) groups excluding carboxylic acids is 1. The summed E-state index contributed by atoms with van der Waals surface area (Å²) in [6.07, 6.45) is 3.75. The van der Waals surface area contributed by atoms with E-state index in [0.717, 1.165) is 5.56 Å². The normalized spacial score (nSPS) is 22.4. The summed E-state index contributed by atoms with van der Waals surface area (Å²) in [6.45, 7) is 6.44. The molecule has 0 aliphatic carbocycles. The molecule has 3 heterocycles. The maximum absolute atomic E-state index is 12.5. The second-order valence-electron chi connectivity index (χ2n) is 6.51. The second-order valence-corrected chi connectivity index (χ2v) is 7.49. The lowest BCUT2D eigenvalue weighted by Crippen LogP contribution is -2.53. The Hall–Kier alpha value is -1.86. The summed E-state index contributed by atoms with van der Waals surface area (Å²) in [5.74, 6) is 0.319. The molecule has 1 saturated heterocycles. The molecule has 6 nitrogen and oxygen atoms in total. The minimum absolute atomic E-state index is 0.0307. The number of aromatic nitrogens is 2. The molecular formula is C17H24N4O2S. The quantitative estimate of drug-likeness (QED) is 0.924. The second kappa shape index (κ2) is 6.94. The highest BCUT2D eigenvalue weighted by Crippen LogP contribution is 2.29. The van der Waals surface area contributed by atoms with Gasteiger partial charge in [-0.15, -0.1) is 11.3 Å². The Bertz CT molecular complexity index is 685. The van der Waals surface area contributed by atoms with Crippen molar-refractivity contribution in [3.05, 3.63) is 40.3 Å². The van der Waals surface area contributed by atoms with Gasteiger partial charge in [-0.25, -0.2) is 4.79 Å². The summed E-state index contributed by atoms with van der Waals surface area (Å²) in [4.78, 5) is 15.7. The summed E-state index contributed by atoms with van der Waals surface area (Å²) in [6, 6.07) is 4.12. The topological polar surface area (TPSA) is 59.4 Å². The number of ether oxygens (including phenoxy) is 1. The van der Waals surface area contributed by atoms with Crippen LogP contribution in [0.15, 0.2) is 29.9 Å². The van der Waals surface area contributed by atoms with Gasteiger partial charge in [0.15, 0.2) is 0 Å². The van der Waals surface area contributed by atoms with Crippen molar-refractivity contribution in [2.75, 3.05) is 26.2 Å². The number of thiophene rings is 1. The number of nitrogens with one attached hydrogen (secondary N) is 1. The predicted molar refractivity (Wildman–Crippen MR) is 94.2 cm³/mol. The number of carbonyl (C=O) groups is 1. The number of hydrogen-bond acceptors (Lipinski definition) is 4. The van der Waals surface area contributed by atoms with Crippen molar-refractivity contribution in [2.45, 2.75) is 25.4 Å². The molecule has 3 rings (SSSR count). The smallest absolute Gasteiger partial charge is 0.317 e. The van der Waals surface area contributed by atoms with Crippen LogP contribution in [0.4, 0.5) is 4.79 Å². The van der Waals surface area contributed by atoms with Crippen LogP contribution in [-0.2, 0) is 17.4 Å². The fourth-order valence-corrected chi connectivity index (χ4v) is 3.72. The van der Waals surface area contributed by atoms with Gasteiger partial charge in [-0.05, 0) is 18.4 Å². The Labute approximate surface area is 146 Å². The third-order valence-corrected chi connectivity index (χ3v) is 5.57. The molecule has 24 heavy (non-hydrogen) atoms. The van der Waals surface area contributed by atoms with Crippen LogP contribution in [0, 0.1) is 0 Å². The molecule has 2 atom stereocenters. The zero-order chi connectivity index (χ0) is 17.2. The van der Waals surface area contributed by atoms with Gasteiger partial charge in [0.05, 0.1) is 19.3 Å². The van der Waals surface area contributed by atoms with Crippen LogP contribution in [0.1, 0.15) is 30.2 Å². The van der Waals surface area contributed by atoms with E-state index in [-0.39, 0.29) is 6.03 Å². The monoisotopic (exact) mass is 348 g/mol. The van der Waals surface area contributed by atoms with E-state index in [1.807, 2.05) is 31.1 Å². The molecule has 0 saturated carbocycles. The van der Waals surface area contributed by atoms with Crippen molar-refractivity contribution in [2.24, 2.45) is 7.05 Å². The van der Waals surface area contributed by atoms with Crippen LogP contribution in [0.2, 0.25) is 0 Å². The number of nitrogens with zero attached hydrogens (tertiary/aromatic N) is 3. The number of urea groups is 1. The summed E-state index contributed by atoms with van der Waals surface area (Å²) in [5, 5.41) is 9.33. The fourth-order valence-electron chi connectivity index (χ4n) is 2.94. The zero-order valence-electron chi connectivity index (χ0n) is 14.4. The molecule has 2 aromatic heterocycles. The summed E-state index contributed by atoms with van der Waals surface area (Å²) in [7, 11) is 1.88. The third-order valence-electron chi connectivity index (χ3n) is 4.47. The molecule has 0 unspecified atom stereocenters. The van der Waals surface area contributed by atoms with E-state index in [1.54, 1.807) is 22.2 Å². The van der Waals surface area contributed by atoms with Crippen LogP contribution in [0.25, 0.3) is 0 Å². The highest BCUT2D eigenvalue weighted by molar-refractivity contribution is 7.10. The van der Waals surface area contributed by atoms with Gasteiger partial charge in [0.1, 0.15) is 5.60 Å². The van der Waals surface area contributed by atoms with E-state index >= 15 is 0 Å². The average Bonchev–Trinajstić information content (AvgIpc) is 3.24. The first-order valence-electron chi connectivity index (χ1n) is 8.17. The van der Waals surface area contributed by atoms with Gasteiger partial charge in [0, 0.05) is 42.7 Å². The molecular weight excluding hydrogens is 324 g/mol. The first kappa shape index (κ1) is 17.0.